The fourth-order valence-corrected chi connectivity index (χ4v) is 1.87. The Hall–Kier alpha value is -2.13. The summed E-state index contributed by atoms with van der Waals surface area (Å²) in [5.41, 5.74) is 8.91. The quantitative estimate of drug-likeness (QED) is 0.840. The SMILES string of the molecule is COC(=O)c1cc(CN)ccc1-c1ccccc1. The van der Waals surface area contributed by atoms with Crippen molar-refractivity contribution in [1.29, 1.82) is 0 Å². The standard InChI is InChI=1S/C15H15NO2/c1-18-15(17)14-9-11(10-16)7-8-13(14)12-5-3-2-4-6-12/h2-9H,10,16H2,1H3. The van der Waals surface area contributed by atoms with Crippen molar-refractivity contribution in [2.24, 2.45) is 5.73 Å². The fourth-order valence-electron chi connectivity index (χ4n) is 1.87. The van der Waals surface area contributed by atoms with E-state index in [4.69, 9.17) is 10.5 Å². The van der Waals surface area contributed by atoms with Gasteiger partial charge in [0.25, 0.3) is 0 Å². The van der Waals surface area contributed by atoms with Crippen LogP contribution >= 0.6 is 0 Å². The molecule has 0 heterocycles. The van der Waals surface area contributed by atoms with Gasteiger partial charge in [-0.05, 0) is 22.8 Å². The highest BCUT2D eigenvalue weighted by atomic mass is 16.5. The molecule has 3 nitrogen and oxygen atoms in total. The molecule has 0 unspecified atom stereocenters. The van der Waals surface area contributed by atoms with E-state index >= 15 is 0 Å². The molecule has 92 valence electrons. The molecular formula is C15H15NO2. The summed E-state index contributed by atoms with van der Waals surface area (Å²) in [6.07, 6.45) is 0. The number of rotatable bonds is 3. The molecule has 3 heteroatoms. The van der Waals surface area contributed by atoms with E-state index in [0.717, 1.165) is 16.7 Å². The fraction of sp³-hybridized carbons (Fsp3) is 0.133. The van der Waals surface area contributed by atoms with Crippen LogP contribution in [0.3, 0.4) is 0 Å². The van der Waals surface area contributed by atoms with Gasteiger partial charge >= 0.3 is 5.97 Å². The first-order valence-corrected chi connectivity index (χ1v) is 5.73. The zero-order valence-corrected chi connectivity index (χ0v) is 10.2. The Bertz CT molecular complexity index is 550. The van der Waals surface area contributed by atoms with Crippen LogP contribution in [0.15, 0.2) is 48.5 Å². The summed E-state index contributed by atoms with van der Waals surface area (Å²) in [6.45, 7) is 0.402. The number of benzene rings is 2. The van der Waals surface area contributed by atoms with Gasteiger partial charge in [0.1, 0.15) is 0 Å². The van der Waals surface area contributed by atoms with Crippen molar-refractivity contribution in [2.45, 2.75) is 6.54 Å². The van der Waals surface area contributed by atoms with Crippen LogP contribution in [0, 0.1) is 0 Å². The van der Waals surface area contributed by atoms with Gasteiger partial charge in [0.05, 0.1) is 12.7 Å². The number of carbonyl (C=O) groups is 1. The van der Waals surface area contributed by atoms with Crippen LogP contribution in [0.1, 0.15) is 15.9 Å². The lowest BCUT2D eigenvalue weighted by atomic mass is 9.97. The highest BCUT2D eigenvalue weighted by molar-refractivity contribution is 5.97. The molecule has 0 spiro atoms. The molecule has 0 saturated carbocycles. The first kappa shape index (κ1) is 12.3. The maximum Gasteiger partial charge on any atom is 0.338 e. The lowest BCUT2D eigenvalue weighted by Crippen LogP contribution is -2.06. The van der Waals surface area contributed by atoms with Crippen molar-refractivity contribution in [3.63, 3.8) is 0 Å². The minimum Gasteiger partial charge on any atom is -0.465 e. The molecular weight excluding hydrogens is 226 g/mol. The van der Waals surface area contributed by atoms with Gasteiger partial charge in [-0.15, -0.1) is 0 Å². The maximum absolute atomic E-state index is 11.8. The molecule has 18 heavy (non-hydrogen) atoms. The van der Waals surface area contributed by atoms with Gasteiger partial charge in [0.2, 0.25) is 0 Å². The third-order valence-corrected chi connectivity index (χ3v) is 2.81. The van der Waals surface area contributed by atoms with Crippen LogP contribution in [0.5, 0.6) is 0 Å². The summed E-state index contributed by atoms with van der Waals surface area (Å²) >= 11 is 0. The van der Waals surface area contributed by atoms with Gasteiger partial charge in [-0.25, -0.2) is 4.79 Å². The van der Waals surface area contributed by atoms with E-state index in [1.165, 1.54) is 7.11 Å². The highest BCUT2D eigenvalue weighted by Crippen LogP contribution is 2.25. The second-order valence-electron chi connectivity index (χ2n) is 3.94. The number of methoxy groups -OCH3 is 1. The molecule has 0 bridgehead atoms. The molecule has 0 fully saturated rings. The monoisotopic (exact) mass is 241 g/mol. The van der Waals surface area contributed by atoms with Gasteiger partial charge < -0.3 is 10.5 Å². The van der Waals surface area contributed by atoms with E-state index in [0.29, 0.717) is 12.1 Å². The van der Waals surface area contributed by atoms with Crippen LogP contribution in [0.2, 0.25) is 0 Å². The Labute approximate surface area is 106 Å². The summed E-state index contributed by atoms with van der Waals surface area (Å²) in [5.74, 6) is -0.343. The van der Waals surface area contributed by atoms with Gasteiger partial charge in [-0.1, -0.05) is 42.5 Å². The number of ether oxygens (including phenoxy) is 1. The van der Waals surface area contributed by atoms with E-state index in [9.17, 15) is 4.79 Å². The minimum atomic E-state index is -0.343. The molecule has 0 aliphatic heterocycles. The van der Waals surface area contributed by atoms with Crippen LogP contribution in [-0.2, 0) is 11.3 Å². The Kier molecular flexibility index (Phi) is 3.75. The van der Waals surface area contributed by atoms with E-state index < -0.39 is 0 Å². The Morgan fingerprint density at radius 2 is 1.89 bits per heavy atom. The molecule has 0 aromatic heterocycles. The number of esters is 1. The molecule has 0 aliphatic carbocycles. The minimum absolute atomic E-state index is 0.343. The summed E-state index contributed by atoms with van der Waals surface area (Å²) in [5, 5.41) is 0. The zero-order chi connectivity index (χ0) is 13.0. The van der Waals surface area contributed by atoms with Crippen LogP contribution in [-0.4, -0.2) is 13.1 Å². The average molecular weight is 241 g/mol. The first-order valence-electron chi connectivity index (χ1n) is 5.73. The van der Waals surface area contributed by atoms with Gasteiger partial charge in [-0.3, -0.25) is 0 Å². The molecule has 2 aromatic rings. The first-order chi connectivity index (χ1) is 8.76. The van der Waals surface area contributed by atoms with Gasteiger partial charge in [0.15, 0.2) is 0 Å². The molecule has 2 N–H and O–H groups in total. The summed E-state index contributed by atoms with van der Waals surface area (Å²) in [7, 11) is 1.38. The molecule has 2 aromatic carbocycles. The van der Waals surface area contributed by atoms with E-state index in [2.05, 4.69) is 0 Å². The van der Waals surface area contributed by atoms with Crippen LogP contribution in [0.4, 0.5) is 0 Å². The van der Waals surface area contributed by atoms with Gasteiger partial charge in [-0.2, -0.15) is 0 Å². The van der Waals surface area contributed by atoms with Crippen LogP contribution in [0.25, 0.3) is 11.1 Å². The molecule has 0 radical (unpaired) electrons. The van der Waals surface area contributed by atoms with E-state index in [1.807, 2.05) is 42.5 Å². The lowest BCUT2D eigenvalue weighted by molar-refractivity contribution is 0.0601. The van der Waals surface area contributed by atoms with Crippen molar-refractivity contribution in [3.8, 4) is 11.1 Å². The van der Waals surface area contributed by atoms with Crippen molar-refractivity contribution in [1.82, 2.24) is 0 Å². The zero-order valence-electron chi connectivity index (χ0n) is 10.2. The number of nitrogens with two attached hydrogens (primary N) is 1. The Morgan fingerprint density at radius 3 is 2.50 bits per heavy atom. The second-order valence-corrected chi connectivity index (χ2v) is 3.94. The van der Waals surface area contributed by atoms with Crippen molar-refractivity contribution >= 4 is 5.97 Å². The van der Waals surface area contributed by atoms with Crippen molar-refractivity contribution in [2.75, 3.05) is 7.11 Å². The largest absolute Gasteiger partial charge is 0.465 e. The summed E-state index contributed by atoms with van der Waals surface area (Å²) < 4.78 is 4.82. The number of hydrogen-bond acceptors (Lipinski definition) is 3. The normalized spacial score (nSPS) is 10.1. The molecule has 0 atom stereocenters. The maximum atomic E-state index is 11.8. The molecule has 0 saturated heterocycles. The topological polar surface area (TPSA) is 52.3 Å². The molecule has 2 rings (SSSR count). The Balaban J connectivity index is 2.56. The lowest BCUT2D eigenvalue weighted by Gasteiger charge is -2.09. The van der Waals surface area contributed by atoms with E-state index in [1.54, 1.807) is 6.07 Å². The van der Waals surface area contributed by atoms with E-state index in [-0.39, 0.29) is 5.97 Å². The number of carbonyl (C=O) groups excluding carboxylic acids is 1. The predicted molar refractivity (Wildman–Crippen MR) is 71.1 cm³/mol. The van der Waals surface area contributed by atoms with Gasteiger partial charge in [0, 0.05) is 6.54 Å². The smallest absolute Gasteiger partial charge is 0.338 e. The summed E-state index contributed by atoms with van der Waals surface area (Å²) in [4.78, 5) is 11.8. The summed E-state index contributed by atoms with van der Waals surface area (Å²) in [6, 6.07) is 15.4. The van der Waals surface area contributed by atoms with Crippen molar-refractivity contribution in [3.05, 3.63) is 59.7 Å². The second kappa shape index (κ2) is 5.47. The third-order valence-electron chi connectivity index (χ3n) is 2.81. The predicted octanol–water partition coefficient (Wildman–Crippen LogP) is 2.60. The number of hydrogen-bond donors (Lipinski definition) is 1. The van der Waals surface area contributed by atoms with Crippen LogP contribution < -0.4 is 5.73 Å². The average Bonchev–Trinajstić information content (AvgIpc) is 2.46. The Morgan fingerprint density at radius 1 is 1.17 bits per heavy atom. The molecule has 0 amide bonds. The highest BCUT2D eigenvalue weighted by Gasteiger charge is 2.13. The van der Waals surface area contributed by atoms with Crippen molar-refractivity contribution < 1.29 is 9.53 Å². The third kappa shape index (κ3) is 2.41. The molecule has 0 aliphatic rings.